The normalized spacial score (nSPS) is 13.8. The maximum Gasteiger partial charge on any atom is 0.322 e. The number of hydrogen-bond donors (Lipinski definition) is 1. The summed E-state index contributed by atoms with van der Waals surface area (Å²) >= 11 is 0. The molecule has 1 aliphatic rings. The average Bonchev–Trinajstić information content (AvgIpc) is 2.48. The van der Waals surface area contributed by atoms with E-state index in [2.05, 4.69) is 23.5 Å². The van der Waals surface area contributed by atoms with Gasteiger partial charge in [-0.05, 0) is 29.7 Å². The SMILES string of the molecule is O=[11C](Nc1ccccc1)N1CCc2ccccc2C1. The molecule has 3 rings (SSSR count). The topological polar surface area (TPSA) is 32.3 Å². The van der Waals surface area contributed by atoms with Gasteiger partial charge in [-0.1, -0.05) is 42.5 Å². The van der Waals surface area contributed by atoms with Crippen LogP contribution in [0, 0.1) is 0 Å². The van der Waals surface area contributed by atoms with Crippen LogP contribution in [0.5, 0.6) is 0 Å². The lowest BCUT2D eigenvalue weighted by Crippen LogP contribution is -2.38. The maximum absolute atomic E-state index is 12.2. The number of hydrogen-bond acceptors (Lipinski definition) is 1. The third kappa shape index (κ3) is 2.60. The second-order valence-corrected chi connectivity index (χ2v) is 4.74. The summed E-state index contributed by atoms with van der Waals surface area (Å²) in [5, 5.41) is 2.93. The molecule has 3 nitrogen and oxygen atoms in total. The zero-order chi connectivity index (χ0) is 13.1. The molecule has 96 valence electrons. The monoisotopic (exact) mass is 251 g/mol. The number of amides is 2. The first-order valence-electron chi connectivity index (χ1n) is 6.51. The lowest BCUT2D eigenvalue weighted by Gasteiger charge is -2.28. The number of carbonyl (C=O) groups excluding carboxylic acids is 1. The van der Waals surface area contributed by atoms with Crippen LogP contribution in [0.15, 0.2) is 54.6 Å². The van der Waals surface area contributed by atoms with Gasteiger partial charge in [0, 0.05) is 18.8 Å². The Morgan fingerprint density at radius 2 is 1.63 bits per heavy atom. The first-order chi connectivity index (χ1) is 9.33. The van der Waals surface area contributed by atoms with E-state index in [0.29, 0.717) is 6.54 Å². The minimum Gasteiger partial charge on any atom is -0.320 e. The van der Waals surface area contributed by atoms with Gasteiger partial charge in [0.25, 0.3) is 0 Å². The predicted octanol–water partition coefficient (Wildman–Crippen LogP) is 3.28. The Morgan fingerprint density at radius 1 is 0.947 bits per heavy atom. The summed E-state index contributed by atoms with van der Waals surface area (Å²) in [7, 11) is 0. The third-order valence-electron chi connectivity index (χ3n) is 3.44. The van der Waals surface area contributed by atoms with Crippen LogP contribution in [0.4, 0.5) is 10.5 Å². The molecule has 0 fully saturated rings. The standard InChI is InChI=1S/C16H16N2O/c19-16(17-15-8-2-1-3-9-15)18-11-10-13-6-4-5-7-14(13)12-18/h1-9H,10-12H2,(H,17,19)/i16-1. The third-order valence-corrected chi connectivity index (χ3v) is 3.44. The highest BCUT2D eigenvalue weighted by Crippen LogP contribution is 2.19. The van der Waals surface area contributed by atoms with Gasteiger partial charge in [-0.15, -0.1) is 0 Å². The predicted molar refractivity (Wildman–Crippen MR) is 76.0 cm³/mol. The lowest BCUT2D eigenvalue weighted by molar-refractivity contribution is 0.206. The van der Waals surface area contributed by atoms with E-state index in [1.807, 2.05) is 41.3 Å². The smallest absolute Gasteiger partial charge is 0.320 e. The summed E-state index contributed by atoms with van der Waals surface area (Å²) in [6.45, 7) is 1.46. The van der Waals surface area contributed by atoms with Gasteiger partial charge in [-0.2, -0.15) is 0 Å². The molecule has 0 unspecified atom stereocenters. The highest BCUT2D eigenvalue weighted by atomic mass is 16.1. The van der Waals surface area contributed by atoms with E-state index < -0.39 is 0 Å². The van der Waals surface area contributed by atoms with E-state index in [1.165, 1.54) is 11.1 Å². The summed E-state index contributed by atoms with van der Waals surface area (Å²) in [6.07, 6.45) is 0.929. The molecule has 1 N–H and O–H groups in total. The van der Waals surface area contributed by atoms with Crippen LogP contribution in [-0.4, -0.2) is 17.5 Å². The number of carbonyl (C=O) groups is 1. The fourth-order valence-corrected chi connectivity index (χ4v) is 2.39. The van der Waals surface area contributed by atoms with E-state index in [9.17, 15) is 4.79 Å². The molecule has 1 heterocycles. The molecule has 0 atom stereocenters. The Bertz CT molecular complexity index is 580. The highest BCUT2D eigenvalue weighted by molar-refractivity contribution is 5.89. The molecule has 3 heteroatoms. The van der Waals surface area contributed by atoms with Crippen molar-refractivity contribution < 1.29 is 4.79 Å². The molecule has 0 radical (unpaired) electrons. The molecular formula is C16H16N2O. The number of nitrogens with zero attached hydrogens (tertiary/aromatic N) is 1. The molecule has 0 aliphatic carbocycles. The fourth-order valence-electron chi connectivity index (χ4n) is 2.39. The second kappa shape index (κ2) is 5.14. The van der Waals surface area contributed by atoms with Gasteiger partial charge in [-0.25, -0.2) is 4.79 Å². The van der Waals surface area contributed by atoms with E-state index in [-0.39, 0.29) is 6.03 Å². The second-order valence-electron chi connectivity index (χ2n) is 4.74. The minimum atomic E-state index is -0.0271. The molecule has 0 bridgehead atoms. The number of urea groups is 1. The molecule has 1 aliphatic heterocycles. The summed E-state index contributed by atoms with van der Waals surface area (Å²) in [4.78, 5) is 14.0. The summed E-state index contributed by atoms with van der Waals surface area (Å²) in [5.74, 6) is 0. The van der Waals surface area contributed by atoms with Gasteiger partial charge >= 0.3 is 6.03 Å². The number of rotatable bonds is 1. The Balaban J connectivity index is 1.70. The van der Waals surface area contributed by atoms with E-state index in [1.54, 1.807) is 0 Å². The molecule has 0 saturated heterocycles. The van der Waals surface area contributed by atoms with Crippen LogP contribution in [0.1, 0.15) is 11.1 Å². The number of anilines is 1. The minimum absolute atomic E-state index is 0.0271. The van der Waals surface area contributed by atoms with Crippen LogP contribution < -0.4 is 5.32 Å². The molecule has 2 aromatic rings. The molecular weight excluding hydrogens is 235 g/mol. The van der Waals surface area contributed by atoms with Gasteiger partial charge in [0.15, 0.2) is 0 Å². The largest absolute Gasteiger partial charge is 0.322 e. The van der Waals surface area contributed by atoms with Crippen molar-refractivity contribution in [1.29, 1.82) is 0 Å². The fraction of sp³-hybridized carbons (Fsp3) is 0.188. The van der Waals surface area contributed by atoms with Gasteiger partial charge in [0.1, 0.15) is 0 Å². The number of nitrogens with one attached hydrogen (secondary N) is 1. The van der Waals surface area contributed by atoms with Gasteiger partial charge in [0.05, 0.1) is 0 Å². The van der Waals surface area contributed by atoms with Crippen molar-refractivity contribution in [1.82, 2.24) is 4.90 Å². The van der Waals surface area contributed by atoms with Crippen LogP contribution in [-0.2, 0) is 13.0 Å². The summed E-state index contributed by atoms with van der Waals surface area (Å²) in [6, 6.07) is 17.9. The summed E-state index contributed by atoms with van der Waals surface area (Å²) in [5.41, 5.74) is 3.44. The van der Waals surface area contributed by atoms with E-state index >= 15 is 0 Å². The van der Waals surface area contributed by atoms with Crippen molar-refractivity contribution >= 4 is 11.7 Å². The lowest BCUT2D eigenvalue weighted by atomic mass is 9.96. The van der Waals surface area contributed by atoms with Gasteiger partial charge in [0.2, 0.25) is 0 Å². The van der Waals surface area contributed by atoms with Crippen molar-refractivity contribution in [3.8, 4) is 0 Å². The number of fused-ring (bicyclic) bond motifs is 1. The molecule has 0 saturated carbocycles. The molecule has 2 aromatic carbocycles. The maximum atomic E-state index is 12.2. The van der Waals surface area contributed by atoms with Crippen molar-refractivity contribution in [3.05, 3.63) is 65.7 Å². The van der Waals surface area contributed by atoms with Crippen LogP contribution in [0.2, 0.25) is 0 Å². The Labute approximate surface area is 112 Å². The molecule has 0 spiro atoms. The van der Waals surface area contributed by atoms with Gasteiger partial charge < -0.3 is 10.2 Å². The van der Waals surface area contributed by atoms with Crippen molar-refractivity contribution in [3.63, 3.8) is 0 Å². The first-order valence-corrected chi connectivity index (χ1v) is 6.51. The van der Waals surface area contributed by atoms with Crippen molar-refractivity contribution in [2.75, 3.05) is 11.9 Å². The quantitative estimate of drug-likeness (QED) is 0.828. The van der Waals surface area contributed by atoms with E-state index in [4.69, 9.17) is 0 Å². The van der Waals surface area contributed by atoms with Crippen LogP contribution in [0.3, 0.4) is 0 Å². The summed E-state index contributed by atoms with van der Waals surface area (Å²) < 4.78 is 0. The van der Waals surface area contributed by atoms with E-state index in [0.717, 1.165) is 18.7 Å². The first kappa shape index (κ1) is 11.8. The zero-order valence-corrected chi connectivity index (χ0v) is 10.7. The zero-order valence-electron chi connectivity index (χ0n) is 10.7. The van der Waals surface area contributed by atoms with Crippen LogP contribution >= 0.6 is 0 Å². The van der Waals surface area contributed by atoms with Crippen molar-refractivity contribution in [2.24, 2.45) is 0 Å². The average molecular weight is 251 g/mol. The molecule has 19 heavy (non-hydrogen) atoms. The molecule has 2 amide bonds. The Kier molecular flexibility index (Phi) is 3.19. The highest BCUT2D eigenvalue weighted by Gasteiger charge is 2.20. The number of benzene rings is 2. The Morgan fingerprint density at radius 3 is 2.42 bits per heavy atom. The van der Waals surface area contributed by atoms with Crippen molar-refractivity contribution in [2.45, 2.75) is 13.0 Å². The Hall–Kier alpha value is -2.29. The number of para-hydroxylation sites is 1. The molecule has 0 aromatic heterocycles. The van der Waals surface area contributed by atoms with Gasteiger partial charge in [-0.3, -0.25) is 0 Å². The van der Waals surface area contributed by atoms with Crippen LogP contribution in [0.25, 0.3) is 0 Å².